The van der Waals surface area contributed by atoms with Crippen molar-refractivity contribution in [2.24, 2.45) is 0 Å². The van der Waals surface area contributed by atoms with Gasteiger partial charge in [-0.15, -0.1) is 0 Å². The fourth-order valence-corrected chi connectivity index (χ4v) is 2.06. The zero-order chi connectivity index (χ0) is 13.9. The van der Waals surface area contributed by atoms with Crippen molar-refractivity contribution in [3.8, 4) is 0 Å². The molecule has 0 aliphatic carbocycles. The Balaban J connectivity index is 2.19. The van der Waals surface area contributed by atoms with Gasteiger partial charge in [0.25, 0.3) is 0 Å². The Labute approximate surface area is 114 Å². The van der Waals surface area contributed by atoms with Crippen molar-refractivity contribution in [3.63, 3.8) is 0 Å². The summed E-state index contributed by atoms with van der Waals surface area (Å²) in [6.45, 7) is 8.37. The van der Waals surface area contributed by atoms with Crippen LogP contribution in [-0.4, -0.2) is 33.6 Å². The lowest BCUT2D eigenvalue weighted by atomic mass is 10.0. The van der Waals surface area contributed by atoms with E-state index >= 15 is 0 Å². The molecule has 0 atom stereocenters. The van der Waals surface area contributed by atoms with Crippen molar-refractivity contribution >= 4 is 17.8 Å². The molecule has 1 saturated heterocycles. The Bertz CT molecular complexity index is 425. The van der Waals surface area contributed by atoms with E-state index in [-0.39, 0.29) is 11.5 Å². The maximum absolute atomic E-state index is 5.80. The summed E-state index contributed by atoms with van der Waals surface area (Å²) >= 11 is 0. The number of hydrogen-bond donors (Lipinski definition) is 2. The van der Waals surface area contributed by atoms with Gasteiger partial charge in [0.2, 0.25) is 17.8 Å². The largest absolute Gasteiger partial charge is 0.368 e. The number of nitrogens with zero attached hydrogens (tertiary/aromatic N) is 4. The Morgan fingerprint density at radius 1 is 1.16 bits per heavy atom. The first-order valence-corrected chi connectivity index (χ1v) is 7.05. The van der Waals surface area contributed by atoms with Crippen LogP contribution in [-0.2, 0) is 0 Å². The SMILES string of the molecule is CCC(C)(C)Nc1nc(N)nc(N2CCCCC2)n1. The van der Waals surface area contributed by atoms with Crippen molar-refractivity contribution in [2.75, 3.05) is 29.0 Å². The molecule has 0 saturated carbocycles. The smallest absolute Gasteiger partial charge is 0.231 e. The number of nitrogens with two attached hydrogens (primary N) is 1. The summed E-state index contributed by atoms with van der Waals surface area (Å²) in [5.41, 5.74) is 5.75. The second kappa shape index (κ2) is 5.59. The average molecular weight is 264 g/mol. The number of rotatable bonds is 4. The quantitative estimate of drug-likeness (QED) is 0.866. The number of nitrogens with one attached hydrogen (secondary N) is 1. The lowest BCUT2D eigenvalue weighted by molar-refractivity contribution is 0.539. The lowest BCUT2D eigenvalue weighted by Crippen LogP contribution is -2.34. The van der Waals surface area contributed by atoms with Crippen molar-refractivity contribution in [3.05, 3.63) is 0 Å². The van der Waals surface area contributed by atoms with E-state index < -0.39 is 0 Å². The Hall–Kier alpha value is -1.59. The summed E-state index contributed by atoms with van der Waals surface area (Å²) in [6, 6.07) is 0. The van der Waals surface area contributed by atoms with Crippen LogP contribution in [0.4, 0.5) is 17.8 Å². The molecule has 1 aromatic rings. The number of anilines is 3. The highest BCUT2D eigenvalue weighted by Crippen LogP contribution is 2.20. The molecule has 6 heteroatoms. The van der Waals surface area contributed by atoms with Crippen molar-refractivity contribution in [2.45, 2.75) is 52.0 Å². The molecule has 0 amide bonds. The molecular formula is C13H24N6. The van der Waals surface area contributed by atoms with Crippen LogP contribution < -0.4 is 16.0 Å². The van der Waals surface area contributed by atoms with Gasteiger partial charge in [0.1, 0.15) is 0 Å². The van der Waals surface area contributed by atoms with E-state index in [0.29, 0.717) is 11.9 Å². The van der Waals surface area contributed by atoms with E-state index in [1.165, 1.54) is 19.3 Å². The molecule has 1 fully saturated rings. The Kier molecular flexibility index (Phi) is 4.07. The summed E-state index contributed by atoms with van der Waals surface area (Å²) < 4.78 is 0. The molecule has 1 aliphatic heterocycles. The van der Waals surface area contributed by atoms with Crippen LogP contribution in [0, 0.1) is 0 Å². The zero-order valence-corrected chi connectivity index (χ0v) is 12.1. The maximum atomic E-state index is 5.80. The van der Waals surface area contributed by atoms with Crippen molar-refractivity contribution in [1.82, 2.24) is 15.0 Å². The van der Waals surface area contributed by atoms with Crippen LogP contribution in [0.3, 0.4) is 0 Å². The molecule has 2 heterocycles. The lowest BCUT2D eigenvalue weighted by Gasteiger charge is -2.28. The minimum Gasteiger partial charge on any atom is -0.368 e. The first-order chi connectivity index (χ1) is 9.00. The van der Waals surface area contributed by atoms with Gasteiger partial charge in [-0.2, -0.15) is 15.0 Å². The van der Waals surface area contributed by atoms with Crippen LogP contribution in [0.5, 0.6) is 0 Å². The predicted octanol–water partition coefficient (Wildman–Crippen LogP) is 2.04. The van der Waals surface area contributed by atoms with E-state index in [0.717, 1.165) is 19.5 Å². The molecule has 2 rings (SSSR count). The van der Waals surface area contributed by atoms with Gasteiger partial charge in [0.15, 0.2) is 0 Å². The Morgan fingerprint density at radius 2 is 1.84 bits per heavy atom. The standard InChI is InChI=1S/C13H24N6/c1-4-13(2,3)18-11-15-10(14)16-12(17-11)19-8-6-5-7-9-19/h4-9H2,1-3H3,(H3,14,15,16,17,18). The van der Waals surface area contributed by atoms with Gasteiger partial charge >= 0.3 is 0 Å². The maximum Gasteiger partial charge on any atom is 0.231 e. The molecule has 1 aliphatic rings. The molecular weight excluding hydrogens is 240 g/mol. The summed E-state index contributed by atoms with van der Waals surface area (Å²) in [7, 11) is 0. The van der Waals surface area contributed by atoms with Gasteiger partial charge in [-0.1, -0.05) is 6.92 Å². The predicted molar refractivity (Wildman–Crippen MR) is 78.3 cm³/mol. The van der Waals surface area contributed by atoms with E-state index in [4.69, 9.17) is 5.73 Å². The molecule has 0 unspecified atom stereocenters. The van der Waals surface area contributed by atoms with Crippen LogP contribution in [0.25, 0.3) is 0 Å². The molecule has 0 aromatic carbocycles. The van der Waals surface area contributed by atoms with Gasteiger partial charge in [-0.25, -0.2) is 0 Å². The topological polar surface area (TPSA) is 80.0 Å². The molecule has 0 spiro atoms. The third-order valence-corrected chi connectivity index (χ3v) is 3.61. The van der Waals surface area contributed by atoms with E-state index in [1.54, 1.807) is 0 Å². The van der Waals surface area contributed by atoms with Crippen molar-refractivity contribution < 1.29 is 0 Å². The highest BCUT2D eigenvalue weighted by Gasteiger charge is 2.19. The highest BCUT2D eigenvalue weighted by molar-refractivity contribution is 5.43. The van der Waals surface area contributed by atoms with Crippen LogP contribution >= 0.6 is 0 Å². The fourth-order valence-electron chi connectivity index (χ4n) is 2.06. The zero-order valence-electron chi connectivity index (χ0n) is 12.1. The van der Waals surface area contributed by atoms with Gasteiger partial charge in [-0.05, 0) is 39.5 Å². The molecule has 1 aromatic heterocycles. The van der Waals surface area contributed by atoms with Gasteiger partial charge in [0.05, 0.1) is 0 Å². The third kappa shape index (κ3) is 3.68. The Morgan fingerprint density at radius 3 is 2.47 bits per heavy atom. The van der Waals surface area contributed by atoms with Gasteiger partial charge in [0, 0.05) is 18.6 Å². The van der Waals surface area contributed by atoms with Gasteiger partial charge in [-0.3, -0.25) is 0 Å². The molecule has 0 bridgehead atoms. The average Bonchev–Trinajstić information content (AvgIpc) is 2.38. The van der Waals surface area contributed by atoms with Crippen LogP contribution in [0.15, 0.2) is 0 Å². The van der Waals surface area contributed by atoms with E-state index in [9.17, 15) is 0 Å². The monoisotopic (exact) mass is 264 g/mol. The van der Waals surface area contributed by atoms with Crippen LogP contribution in [0.2, 0.25) is 0 Å². The highest BCUT2D eigenvalue weighted by atomic mass is 15.3. The van der Waals surface area contributed by atoms with E-state index in [2.05, 4.69) is 45.9 Å². The third-order valence-electron chi connectivity index (χ3n) is 3.61. The minimum absolute atomic E-state index is 0.0486. The molecule has 19 heavy (non-hydrogen) atoms. The second-order valence-electron chi connectivity index (χ2n) is 5.73. The van der Waals surface area contributed by atoms with Crippen molar-refractivity contribution in [1.29, 1.82) is 0 Å². The number of aromatic nitrogens is 3. The number of hydrogen-bond acceptors (Lipinski definition) is 6. The summed E-state index contributed by atoms with van der Waals surface area (Å²) in [5.74, 6) is 1.55. The van der Waals surface area contributed by atoms with Gasteiger partial charge < -0.3 is 16.0 Å². The first-order valence-electron chi connectivity index (χ1n) is 7.05. The summed E-state index contributed by atoms with van der Waals surface area (Å²) in [6.07, 6.45) is 4.65. The molecule has 6 nitrogen and oxygen atoms in total. The fraction of sp³-hybridized carbons (Fsp3) is 0.769. The molecule has 3 N–H and O–H groups in total. The number of nitrogen functional groups attached to an aromatic ring is 1. The van der Waals surface area contributed by atoms with Crippen LogP contribution in [0.1, 0.15) is 46.5 Å². The van der Waals surface area contributed by atoms with E-state index in [1.807, 2.05) is 0 Å². The number of piperidine rings is 1. The minimum atomic E-state index is -0.0486. The summed E-state index contributed by atoms with van der Waals surface area (Å²) in [5, 5.41) is 3.32. The second-order valence-corrected chi connectivity index (χ2v) is 5.73. The summed E-state index contributed by atoms with van der Waals surface area (Å²) in [4.78, 5) is 15.1. The molecule has 106 valence electrons. The first kappa shape index (κ1) is 13.8. The normalized spacial score (nSPS) is 16.5. The molecule has 0 radical (unpaired) electrons.